The number of morpholine rings is 1. The van der Waals surface area contributed by atoms with Crippen LogP contribution < -0.4 is 5.11 Å². The number of aliphatic hydroxyl groups excluding tert-OH is 1. The number of ether oxygens (including phenoxy) is 1. The quantitative estimate of drug-likeness (QED) is 0.825. The molecule has 2 fully saturated rings. The van der Waals surface area contributed by atoms with Crippen molar-refractivity contribution in [1.82, 2.24) is 0 Å². The van der Waals surface area contributed by atoms with Gasteiger partial charge in [-0.05, 0) is 0 Å². The minimum Gasteiger partial charge on any atom is -0.848 e. The SMILES string of the molecule is CC([O-])C1C(O)OCC2CCC[N+]21Cc1ccccc1. The van der Waals surface area contributed by atoms with Crippen LogP contribution in [0.2, 0.25) is 0 Å². The van der Waals surface area contributed by atoms with E-state index in [0.717, 1.165) is 25.9 Å². The fourth-order valence-electron chi connectivity index (χ4n) is 4.13. The molecule has 110 valence electrons. The lowest BCUT2D eigenvalue weighted by atomic mass is 9.99. The largest absolute Gasteiger partial charge is 0.848 e. The van der Waals surface area contributed by atoms with Crippen LogP contribution in [0.1, 0.15) is 25.3 Å². The van der Waals surface area contributed by atoms with Crippen LogP contribution in [-0.2, 0) is 11.3 Å². The average molecular weight is 277 g/mol. The minimum absolute atomic E-state index is 0.347. The summed E-state index contributed by atoms with van der Waals surface area (Å²) < 4.78 is 6.17. The van der Waals surface area contributed by atoms with Crippen molar-refractivity contribution < 1.29 is 19.4 Å². The highest BCUT2D eigenvalue weighted by molar-refractivity contribution is 5.13. The van der Waals surface area contributed by atoms with E-state index >= 15 is 0 Å². The van der Waals surface area contributed by atoms with Crippen LogP contribution in [-0.4, -0.2) is 47.2 Å². The predicted molar refractivity (Wildman–Crippen MR) is 73.5 cm³/mol. The van der Waals surface area contributed by atoms with Gasteiger partial charge >= 0.3 is 0 Å². The van der Waals surface area contributed by atoms with Gasteiger partial charge in [0.2, 0.25) is 6.29 Å². The van der Waals surface area contributed by atoms with Crippen molar-refractivity contribution in [3.05, 3.63) is 35.9 Å². The standard InChI is InChI=1S/C16H23NO3/c1-12(18)15-16(19)20-11-14-8-5-9-17(14,15)10-13-6-3-2-4-7-13/h2-4,6-7,12,14-16,19H,5,8-11H2,1H3. The molecule has 2 saturated heterocycles. The number of fused-ring (bicyclic) bond motifs is 1. The maximum Gasteiger partial charge on any atom is 0.207 e. The van der Waals surface area contributed by atoms with Crippen molar-refractivity contribution in [3.8, 4) is 0 Å². The fourth-order valence-corrected chi connectivity index (χ4v) is 4.13. The second kappa shape index (κ2) is 5.45. The second-order valence-corrected chi connectivity index (χ2v) is 6.19. The predicted octanol–water partition coefficient (Wildman–Crippen LogP) is 0.632. The zero-order valence-corrected chi connectivity index (χ0v) is 11.9. The summed E-state index contributed by atoms with van der Waals surface area (Å²) in [4.78, 5) is 0. The normalized spacial score (nSPS) is 38.5. The Bertz CT molecular complexity index is 450. The topological polar surface area (TPSA) is 52.5 Å². The third-order valence-electron chi connectivity index (χ3n) is 4.99. The van der Waals surface area contributed by atoms with Gasteiger partial charge in [-0.2, -0.15) is 0 Å². The van der Waals surface area contributed by atoms with Crippen LogP contribution in [0.15, 0.2) is 30.3 Å². The molecule has 0 aliphatic carbocycles. The van der Waals surface area contributed by atoms with Gasteiger partial charge in [-0.3, -0.25) is 0 Å². The Balaban J connectivity index is 1.95. The number of quaternary nitrogens is 1. The van der Waals surface area contributed by atoms with Crippen LogP contribution in [0.5, 0.6) is 0 Å². The van der Waals surface area contributed by atoms with E-state index in [9.17, 15) is 10.2 Å². The molecule has 0 spiro atoms. The lowest BCUT2D eigenvalue weighted by molar-refractivity contribution is -0.996. The second-order valence-electron chi connectivity index (χ2n) is 6.19. The van der Waals surface area contributed by atoms with Crippen LogP contribution in [0.4, 0.5) is 0 Å². The van der Waals surface area contributed by atoms with Gasteiger partial charge in [-0.1, -0.05) is 43.4 Å². The molecule has 1 aromatic rings. The van der Waals surface area contributed by atoms with Crippen LogP contribution in [0.25, 0.3) is 0 Å². The number of hydrogen-bond donors (Lipinski definition) is 1. The summed E-state index contributed by atoms with van der Waals surface area (Å²) in [6.45, 7) is 4.01. The van der Waals surface area contributed by atoms with E-state index < -0.39 is 12.4 Å². The fraction of sp³-hybridized carbons (Fsp3) is 0.625. The van der Waals surface area contributed by atoms with Gasteiger partial charge in [-0.15, -0.1) is 0 Å². The Morgan fingerprint density at radius 1 is 1.40 bits per heavy atom. The number of rotatable bonds is 3. The zero-order valence-electron chi connectivity index (χ0n) is 11.9. The molecule has 0 bridgehead atoms. The summed E-state index contributed by atoms with van der Waals surface area (Å²) in [7, 11) is 0. The van der Waals surface area contributed by atoms with Crippen molar-refractivity contribution >= 4 is 0 Å². The summed E-state index contributed by atoms with van der Waals surface area (Å²) in [6.07, 6.45) is 0.440. The number of nitrogens with zero attached hydrogens (tertiary/aromatic N) is 1. The third kappa shape index (κ3) is 2.27. The Labute approximate surface area is 120 Å². The van der Waals surface area contributed by atoms with E-state index in [0.29, 0.717) is 17.1 Å². The van der Waals surface area contributed by atoms with Crippen LogP contribution >= 0.6 is 0 Å². The van der Waals surface area contributed by atoms with Gasteiger partial charge < -0.3 is 19.4 Å². The van der Waals surface area contributed by atoms with Crippen molar-refractivity contribution in [2.24, 2.45) is 0 Å². The molecule has 2 heterocycles. The van der Waals surface area contributed by atoms with Gasteiger partial charge in [0.15, 0.2) is 0 Å². The lowest BCUT2D eigenvalue weighted by Gasteiger charge is -2.54. The van der Waals surface area contributed by atoms with Gasteiger partial charge in [0, 0.05) is 18.4 Å². The lowest BCUT2D eigenvalue weighted by Crippen LogP contribution is -2.71. The monoisotopic (exact) mass is 277 g/mol. The number of hydrogen-bond acceptors (Lipinski definition) is 3. The average Bonchev–Trinajstić information content (AvgIpc) is 2.82. The first-order valence-corrected chi connectivity index (χ1v) is 7.49. The molecule has 0 aromatic heterocycles. The Morgan fingerprint density at radius 3 is 2.85 bits per heavy atom. The van der Waals surface area contributed by atoms with E-state index in [1.54, 1.807) is 6.92 Å². The van der Waals surface area contributed by atoms with E-state index in [1.807, 2.05) is 18.2 Å². The summed E-state index contributed by atoms with van der Waals surface area (Å²) in [5.74, 6) is 0. The first kappa shape index (κ1) is 14.0. The Kier molecular flexibility index (Phi) is 3.82. The molecule has 5 unspecified atom stereocenters. The minimum atomic E-state index is -0.930. The van der Waals surface area contributed by atoms with E-state index in [-0.39, 0.29) is 6.04 Å². The van der Waals surface area contributed by atoms with Crippen molar-refractivity contribution in [3.63, 3.8) is 0 Å². The number of benzene rings is 1. The first-order chi connectivity index (χ1) is 9.63. The van der Waals surface area contributed by atoms with Gasteiger partial charge in [0.05, 0.1) is 6.54 Å². The maximum absolute atomic E-state index is 12.2. The van der Waals surface area contributed by atoms with Crippen LogP contribution in [0.3, 0.4) is 0 Å². The smallest absolute Gasteiger partial charge is 0.207 e. The van der Waals surface area contributed by atoms with Crippen LogP contribution in [0, 0.1) is 0 Å². The highest BCUT2D eigenvalue weighted by atomic mass is 16.6. The molecule has 2 aliphatic rings. The summed E-state index contributed by atoms with van der Waals surface area (Å²) in [5, 5.41) is 22.4. The first-order valence-electron chi connectivity index (χ1n) is 7.49. The van der Waals surface area contributed by atoms with E-state index in [1.165, 1.54) is 5.56 Å². The Morgan fingerprint density at radius 2 is 2.15 bits per heavy atom. The molecule has 4 nitrogen and oxygen atoms in total. The molecular weight excluding hydrogens is 254 g/mol. The zero-order chi connectivity index (χ0) is 14.2. The molecule has 20 heavy (non-hydrogen) atoms. The summed E-state index contributed by atoms with van der Waals surface area (Å²) in [5.41, 5.74) is 1.24. The third-order valence-corrected chi connectivity index (χ3v) is 4.99. The maximum atomic E-state index is 12.2. The number of aliphatic hydroxyl groups is 1. The van der Waals surface area contributed by atoms with Gasteiger partial charge in [-0.25, -0.2) is 0 Å². The highest BCUT2D eigenvalue weighted by Crippen LogP contribution is 2.38. The van der Waals surface area contributed by atoms with Crippen molar-refractivity contribution in [2.45, 2.75) is 50.8 Å². The van der Waals surface area contributed by atoms with E-state index in [2.05, 4.69) is 12.1 Å². The van der Waals surface area contributed by atoms with Gasteiger partial charge in [0.1, 0.15) is 25.2 Å². The molecule has 5 atom stereocenters. The molecule has 4 heteroatoms. The van der Waals surface area contributed by atoms with E-state index in [4.69, 9.17) is 4.74 Å². The summed E-state index contributed by atoms with van der Waals surface area (Å²) >= 11 is 0. The molecule has 1 N–H and O–H groups in total. The van der Waals surface area contributed by atoms with Crippen molar-refractivity contribution in [2.75, 3.05) is 13.2 Å². The van der Waals surface area contributed by atoms with Crippen molar-refractivity contribution in [1.29, 1.82) is 0 Å². The molecule has 1 aromatic carbocycles. The molecule has 2 aliphatic heterocycles. The molecule has 0 radical (unpaired) electrons. The molecule has 3 rings (SSSR count). The molecule has 0 saturated carbocycles. The highest BCUT2D eigenvalue weighted by Gasteiger charge is 2.53. The Hall–Kier alpha value is -0.940. The summed E-state index contributed by atoms with van der Waals surface area (Å²) in [6, 6.07) is 10.3. The molecule has 0 amide bonds. The van der Waals surface area contributed by atoms with Gasteiger partial charge in [0.25, 0.3) is 0 Å². The molecular formula is C16H23NO3.